The molecule has 0 bridgehead atoms. The van der Waals surface area contributed by atoms with E-state index in [9.17, 15) is 9.59 Å². The van der Waals surface area contributed by atoms with Crippen molar-refractivity contribution >= 4 is 33.2 Å². The maximum absolute atomic E-state index is 14.1. The molecule has 7 heteroatoms. The van der Waals surface area contributed by atoms with Crippen molar-refractivity contribution in [2.45, 2.75) is 71.4 Å². The predicted octanol–water partition coefficient (Wildman–Crippen LogP) is 7.55. The summed E-state index contributed by atoms with van der Waals surface area (Å²) in [7, 11) is 0. The standard InChI is InChI=1S/C37H50N4O2S/c1-3-5-22-39(23-6-4-2)27-16-28-41(35(42)21-15-26-40-24-13-8-14-25-40)36(34-29-32-19-11-12-20-33(32)44-34)37(43)38-30-31-17-9-7-10-18-31/h7-14,17-20,24,29,36H,3-6,15-16,21-23,25-28,30H2,1-2H3,(H,38,43). The van der Waals surface area contributed by atoms with E-state index in [1.165, 1.54) is 25.7 Å². The number of allylic oxidation sites excluding steroid dienone is 2. The van der Waals surface area contributed by atoms with Crippen LogP contribution in [0.1, 0.15) is 75.3 Å². The Morgan fingerprint density at radius 2 is 1.61 bits per heavy atom. The van der Waals surface area contributed by atoms with Gasteiger partial charge in [0.25, 0.3) is 0 Å². The normalized spacial score (nSPS) is 13.5. The second-order valence-corrected chi connectivity index (χ2v) is 12.8. The van der Waals surface area contributed by atoms with Crippen LogP contribution in [0.25, 0.3) is 10.1 Å². The Morgan fingerprint density at radius 1 is 0.886 bits per heavy atom. The summed E-state index contributed by atoms with van der Waals surface area (Å²) in [5.41, 5.74) is 1.04. The Balaban J connectivity index is 1.56. The molecule has 1 aliphatic rings. The van der Waals surface area contributed by atoms with Crippen LogP contribution in [0.5, 0.6) is 0 Å². The highest BCUT2D eigenvalue weighted by atomic mass is 32.1. The van der Waals surface area contributed by atoms with E-state index in [1.807, 2.05) is 53.4 Å². The molecule has 4 rings (SSSR count). The summed E-state index contributed by atoms with van der Waals surface area (Å²) in [4.78, 5) is 35.8. The number of fused-ring (bicyclic) bond motifs is 1. The van der Waals surface area contributed by atoms with E-state index in [4.69, 9.17) is 0 Å². The number of nitrogens with one attached hydrogen (secondary N) is 1. The van der Waals surface area contributed by atoms with Crippen molar-refractivity contribution in [3.63, 3.8) is 0 Å². The quantitative estimate of drug-likeness (QED) is 0.152. The zero-order chi connectivity index (χ0) is 31.0. The van der Waals surface area contributed by atoms with Crippen molar-refractivity contribution in [1.82, 2.24) is 20.0 Å². The Hall–Kier alpha value is -3.42. The lowest BCUT2D eigenvalue weighted by atomic mass is 10.1. The van der Waals surface area contributed by atoms with E-state index in [0.717, 1.165) is 66.1 Å². The topological polar surface area (TPSA) is 55.9 Å². The maximum Gasteiger partial charge on any atom is 0.248 e. The van der Waals surface area contributed by atoms with Gasteiger partial charge < -0.3 is 20.0 Å². The summed E-state index contributed by atoms with van der Waals surface area (Å²) in [5, 5.41) is 4.29. The van der Waals surface area contributed by atoms with E-state index >= 15 is 0 Å². The fraction of sp³-hybridized carbons (Fsp3) is 0.459. The van der Waals surface area contributed by atoms with Gasteiger partial charge in [-0.05, 0) is 80.7 Å². The molecule has 1 unspecified atom stereocenters. The lowest BCUT2D eigenvalue weighted by Gasteiger charge is -2.32. The van der Waals surface area contributed by atoms with E-state index in [1.54, 1.807) is 11.3 Å². The van der Waals surface area contributed by atoms with E-state index < -0.39 is 6.04 Å². The van der Waals surface area contributed by atoms with Gasteiger partial charge in [0.2, 0.25) is 11.8 Å². The molecule has 2 amide bonds. The Bertz CT molecular complexity index is 1310. The second-order valence-electron chi connectivity index (χ2n) is 11.7. The fourth-order valence-electron chi connectivity index (χ4n) is 5.65. The minimum absolute atomic E-state index is 0.0486. The summed E-state index contributed by atoms with van der Waals surface area (Å²) >= 11 is 1.62. The van der Waals surface area contributed by atoms with Crippen LogP contribution in [-0.2, 0) is 16.1 Å². The number of thiophene rings is 1. The average Bonchev–Trinajstić information content (AvgIpc) is 3.49. The van der Waals surface area contributed by atoms with Crippen molar-refractivity contribution in [3.8, 4) is 0 Å². The van der Waals surface area contributed by atoms with Crippen molar-refractivity contribution in [2.75, 3.05) is 39.3 Å². The number of rotatable bonds is 19. The van der Waals surface area contributed by atoms with Crippen LogP contribution >= 0.6 is 11.3 Å². The van der Waals surface area contributed by atoms with Crippen molar-refractivity contribution in [3.05, 3.63) is 95.5 Å². The maximum atomic E-state index is 14.1. The molecule has 0 aliphatic carbocycles. The number of amides is 2. The first-order chi connectivity index (χ1) is 21.6. The van der Waals surface area contributed by atoms with Gasteiger partial charge in [-0.15, -0.1) is 11.3 Å². The summed E-state index contributed by atoms with van der Waals surface area (Å²) in [6.45, 7) is 10.2. The minimum atomic E-state index is -0.666. The highest BCUT2D eigenvalue weighted by Gasteiger charge is 2.32. The molecule has 44 heavy (non-hydrogen) atoms. The van der Waals surface area contributed by atoms with Gasteiger partial charge in [-0.25, -0.2) is 0 Å². The molecule has 1 atom stereocenters. The van der Waals surface area contributed by atoms with Crippen LogP contribution in [0.2, 0.25) is 0 Å². The molecule has 2 aromatic carbocycles. The van der Waals surface area contributed by atoms with Crippen molar-refractivity contribution in [2.24, 2.45) is 0 Å². The summed E-state index contributed by atoms with van der Waals surface area (Å²) < 4.78 is 1.13. The Morgan fingerprint density at radius 3 is 2.32 bits per heavy atom. The third-order valence-electron chi connectivity index (χ3n) is 8.15. The molecule has 236 valence electrons. The van der Waals surface area contributed by atoms with Crippen LogP contribution in [-0.4, -0.2) is 65.8 Å². The number of carbonyl (C=O) groups is 2. The van der Waals surface area contributed by atoms with Gasteiger partial charge in [0.15, 0.2) is 0 Å². The molecule has 3 aromatic rings. The number of unbranched alkanes of at least 4 members (excludes halogenated alkanes) is 2. The van der Waals surface area contributed by atoms with Gasteiger partial charge in [-0.1, -0.05) is 87.4 Å². The molecule has 0 saturated heterocycles. The predicted molar refractivity (Wildman–Crippen MR) is 185 cm³/mol. The zero-order valence-electron chi connectivity index (χ0n) is 26.6. The molecule has 6 nitrogen and oxygen atoms in total. The van der Waals surface area contributed by atoms with Gasteiger partial charge in [0.05, 0.1) is 0 Å². The third kappa shape index (κ3) is 10.3. The molecule has 2 heterocycles. The van der Waals surface area contributed by atoms with Crippen molar-refractivity contribution in [1.29, 1.82) is 0 Å². The molecule has 1 aliphatic heterocycles. The van der Waals surface area contributed by atoms with Crippen molar-refractivity contribution < 1.29 is 9.59 Å². The molecule has 0 fully saturated rings. The fourth-order valence-corrected chi connectivity index (χ4v) is 6.83. The lowest BCUT2D eigenvalue weighted by molar-refractivity contribution is -0.141. The van der Waals surface area contributed by atoms with Gasteiger partial charge in [0.1, 0.15) is 6.04 Å². The van der Waals surface area contributed by atoms with Crippen LogP contribution < -0.4 is 5.32 Å². The number of hydrogen-bond donors (Lipinski definition) is 1. The summed E-state index contributed by atoms with van der Waals surface area (Å²) in [5.74, 6) is -0.0702. The highest BCUT2D eigenvalue weighted by Crippen LogP contribution is 2.34. The van der Waals surface area contributed by atoms with Gasteiger partial charge in [0, 0.05) is 42.2 Å². The smallest absolute Gasteiger partial charge is 0.248 e. The molecule has 1 N–H and O–H groups in total. The number of nitrogens with zero attached hydrogens (tertiary/aromatic N) is 3. The number of hydrogen-bond acceptors (Lipinski definition) is 5. The van der Waals surface area contributed by atoms with E-state index in [2.05, 4.69) is 65.5 Å². The van der Waals surface area contributed by atoms with Crippen LogP contribution in [0.3, 0.4) is 0 Å². The Labute approximate surface area is 268 Å². The Kier molecular flexibility index (Phi) is 14.0. The van der Waals surface area contributed by atoms with E-state index in [-0.39, 0.29) is 11.8 Å². The monoisotopic (exact) mass is 614 g/mol. The first kappa shape index (κ1) is 33.5. The van der Waals surface area contributed by atoms with E-state index in [0.29, 0.717) is 19.5 Å². The molecule has 0 saturated carbocycles. The first-order valence-corrected chi connectivity index (χ1v) is 17.3. The number of carbonyl (C=O) groups excluding carboxylic acids is 2. The first-order valence-electron chi connectivity index (χ1n) is 16.5. The molecular weight excluding hydrogens is 565 g/mol. The van der Waals surface area contributed by atoms with Gasteiger partial charge in [-0.3, -0.25) is 9.59 Å². The minimum Gasteiger partial charge on any atom is -0.374 e. The van der Waals surface area contributed by atoms with Gasteiger partial charge >= 0.3 is 0 Å². The number of benzene rings is 2. The lowest BCUT2D eigenvalue weighted by Crippen LogP contribution is -2.44. The zero-order valence-corrected chi connectivity index (χ0v) is 27.4. The molecule has 0 spiro atoms. The summed E-state index contributed by atoms with van der Waals surface area (Å²) in [6, 6.07) is 19.6. The van der Waals surface area contributed by atoms with Crippen LogP contribution in [0.4, 0.5) is 0 Å². The molecule has 0 radical (unpaired) electrons. The average molecular weight is 615 g/mol. The third-order valence-corrected chi connectivity index (χ3v) is 9.32. The molecular formula is C37H50N4O2S. The largest absolute Gasteiger partial charge is 0.374 e. The highest BCUT2D eigenvalue weighted by molar-refractivity contribution is 7.19. The van der Waals surface area contributed by atoms with Gasteiger partial charge in [-0.2, -0.15) is 0 Å². The van der Waals surface area contributed by atoms with Crippen LogP contribution in [0.15, 0.2) is 85.1 Å². The molecule has 1 aromatic heterocycles. The summed E-state index contributed by atoms with van der Waals surface area (Å²) in [6.07, 6.45) is 15.0. The second kappa shape index (κ2) is 18.4. The SMILES string of the molecule is CCCCN(CCCC)CCCN(C(=O)CCCN1C=CC=CC1)C(C(=O)NCc1ccccc1)c1cc2ccccc2s1. The van der Waals surface area contributed by atoms with Crippen LogP contribution in [0, 0.1) is 0 Å².